The first-order valence-electron chi connectivity index (χ1n) is 7.96. The molecule has 4 rings (SSSR count). The van der Waals surface area contributed by atoms with Gasteiger partial charge in [-0.1, -0.05) is 25.0 Å². The van der Waals surface area contributed by atoms with E-state index in [-0.39, 0.29) is 0 Å². The van der Waals surface area contributed by atoms with Crippen LogP contribution >= 0.6 is 11.3 Å². The molecule has 106 valence electrons. The van der Waals surface area contributed by atoms with E-state index in [1.54, 1.807) is 0 Å². The van der Waals surface area contributed by atoms with E-state index in [1.165, 1.54) is 48.2 Å². The summed E-state index contributed by atoms with van der Waals surface area (Å²) in [5, 5.41) is 5.00. The predicted molar refractivity (Wildman–Crippen MR) is 84.9 cm³/mol. The molecule has 2 unspecified atom stereocenters. The zero-order chi connectivity index (χ0) is 13.4. The SMILES string of the molecule is c1ccc2sc(CNC3CCCC(C4CC4)C3)nc2c1. The molecule has 2 aromatic rings. The van der Waals surface area contributed by atoms with Gasteiger partial charge in [0.25, 0.3) is 0 Å². The van der Waals surface area contributed by atoms with Gasteiger partial charge in [-0.2, -0.15) is 0 Å². The maximum atomic E-state index is 4.72. The maximum absolute atomic E-state index is 4.72. The zero-order valence-corrected chi connectivity index (χ0v) is 12.7. The smallest absolute Gasteiger partial charge is 0.108 e. The molecule has 2 nitrogen and oxygen atoms in total. The van der Waals surface area contributed by atoms with Crippen molar-refractivity contribution in [2.75, 3.05) is 0 Å². The van der Waals surface area contributed by atoms with Gasteiger partial charge in [-0.15, -0.1) is 11.3 Å². The minimum absolute atomic E-state index is 0.723. The summed E-state index contributed by atoms with van der Waals surface area (Å²) in [6, 6.07) is 9.17. The fraction of sp³-hybridized carbons (Fsp3) is 0.588. The molecule has 2 atom stereocenters. The summed E-state index contributed by atoms with van der Waals surface area (Å²) in [7, 11) is 0. The third-order valence-corrected chi connectivity index (χ3v) is 5.92. The number of para-hydroxylation sites is 1. The van der Waals surface area contributed by atoms with Crippen molar-refractivity contribution in [1.82, 2.24) is 10.3 Å². The van der Waals surface area contributed by atoms with Crippen LogP contribution in [0.2, 0.25) is 0 Å². The Morgan fingerprint density at radius 2 is 2.00 bits per heavy atom. The number of fused-ring (bicyclic) bond motifs is 1. The number of benzene rings is 1. The fourth-order valence-corrected chi connectivity index (χ4v) is 4.55. The van der Waals surface area contributed by atoms with Crippen molar-refractivity contribution >= 4 is 21.6 Å². The highest BCUT2D eigenvalue weighted by Crippen LogP contribution is 2.43. The second kappa shape index (κ2) is 5.45. The molecular weight excluding hydrogens is 264 g/mol. The van der Waals surface area contributed by atoms with Crippen LogP contribution in [0, 0.1) is 11.8 Å². The number of nitrogens with zero attached hydrogens (tertiary/aromatic N) is 1. The van der Waals surface area contributed by atoms with Crippen LogP contribution in [0.15, 0.2) is 24.3 Å². The summed E-state index contributed by atoms with van der Waals surface area (Å²) in [5.74, 6) is 2.08. The largest absolute Gasteiger partial charge is 0.308 e. The van der Waals surface area contributed by atoms with Crippen molar-refractivity contribution in [3.05, 3.63) is 29.3 Å². The lowest BCUT2D eigenvalue weighted by Crippen LogP contribution is -2.34. The number of hydrogen-bond acceptors (Lipinski definition) is 3. The van der Waals surface area contributed by atoms with Crippen LogP contribution in [0.25, 0.3) is 10.2 Å². The van der Waals surface area contributed by atoms with Gasteiger partial charge in [-0.25, -0.2) is 4.98 Å². The summed E-state index contributed by atoms with van der Waals surface area (Å²) in [5.41, 5.74) is 1.15. The van der Waals surface area contributed by atoms with E-state index in [1.807, 2.05) is 11.3 Å². The average Bonchev–Trinajstić information content (AvgIpc) is 3.25. The van der Waals surface area contributed by atoms with Crippen molar-refractivity contribution in [2.24, 2.45) is 11.8 Å². The van der Waals surface area contributed by atoms with E-state index in [0.717, 1.165) is 29.9 Å². The van der Waals surface area contributed by atoms with Crippen molar-refractivity contribution in [2.45, 2.75) is 51.1 Å². The Morgan fingerprint density at radius 3 is 2.85 bits per heavy atom. The molecule has 0 saturated heterocycles. The molecule has 0 spiro atoms. The van der Waals surface area contributed by atoms with Gasteiger partial charge in [0, 0.05) is 12.6 Å². The zero-order valence-electron chi connectivity index (χ0n) is 11.8. The van der Waals surface area contributed by atoms with Crippen LogP contribution in [-0.4, -0.2) is 11.0 Å². The number of thiazole rings is 1. The topological polar surface area (TPSA) is 24.9 Å². The van der Waals surface area contributed by atoms with Crippen LogP contribution in [0.3, 0.4) is 0 Å². The fourth-order valence-electron chi connectivity index (χ4n) is 3.64. The minimum Gasteiger partial charge on any atom is -0.308 e. The first kappa shape index (κ1) is 12.8. The Labute approximate surface area is 124 Å². The van der Waals surface area contributed by atoms with Crippen molar-refractivity contribution < 1.29 is 0 Å². The first-order chi connectivity index (χ1) is 9.88. The van der Waals surface area contributed by atoms with Gasteiger partial charge < -0.3 is 5.32 Å². The highest BCUT2D eigenvalue weighted by atomic mass is 32.1. The Kier molecular flexibility index (Phi) is 3.49. The van der Waals surface area contributed by atoms with E-state index >= 15 is 0 Å². The van der Waals surface area contributed by atoms with E-state index in [2.05, 4.69) is 29.6 Å². The van der Waals surface area contributed by atoms with Gasteiger partial charge in [0.15, 0.2) is 0 Å². The lowest BCUT2D eigenvalue weighted by Gasteiger charge is -2.29. The molecule has 1 N–H and O–H groups in total. The molecule has 0 aliphatic heterocycles. The average molecular weight is 286 g/mol. The molecule has 1 aromatic heterocycles. The van der Waals surface area contributed by atoms with E-state index in [4.69, 9.17) is 4.98 Å². The molecule has 0 radical (unpaired) electrons. The summed E-state index contributed by atoms with van der Waals surface area (Å²) in [6.07, 6.45) is 8.64. The second-order valence-corrected chi connectivity index (χ2v) is 7.53. The Bertz CT molecular complexity index is 554. The lowest BCUT2D eigenvalue weighted by atomic mass is 9.83. The number of nitrogens with one attached hydrogen (secondary N) is 1. The van der Waals surface area contributed by atoms with Gasteiger partial charge >= 0.3 is 0 Å². The number of aromatic nitrogens is 1. The van der Waals surface area contributed by atoms with Crippen molar-refractivity contribution in [3.63, 3.8) is 0 Å². The molecule has 2 fully saturated rings. The molecule has 1 aromatic carbocycles. The number of hydrogen-bond donors (Lipinski definition) is 1. The summed E-state index contributed by atoms with van der Waals surface area (Å²) in [6.45, 7) is 0.946. The predicted octanol–water partition coefficient (Wildman–Crippen LogP) is 4.35. The van der Waals surface area contributed by atoms with Gasteiger partial charge in [-0.05, 0) is 49.7 Å². The Hall–Kier alpha value is -0.930. The van der Waals surface area contributed by atoms with Crippen molar-refractivity contribution in [1.29, 1.82) is 0 Å². The van der Waals surface area contributed by atoms with Crippen LogP contribution < -0.4 is 5.32 Å². The number of rotatable bonds is 4. The summed E-state index contributed by atoms with van der Waals surface area (Å²) < 4.78 is 1.31. The molecule has 0 bridgehead atoms. The van der Waals surface area contributed by atoms with Crippen LogP contribution in [0.4, 0.5) is 0 Å². The van der Waals surface area contributed by atoms with Gasteiger partial charge in [-0.3, -0.25) is 0 Å². The first-order valence-corrected chi connectivity index (χ1v) is 8.78. The van der Waals surface area contributed by atoms with Crippen LogP contribution in [-0.2, 0) is 6.54 Å². The molecule has 2 saturated carbocycles. The van der Waals surface area contributed by atoms with E-state index in [9.17, 15) is 0 Å². The van der Waals surface area contributed by atoms with Gasteiger partial charge in [0.1, 0.15) is 5.01 Å². The molecule has 2 aliphatic carbocycles. The third-order valence-electron chi connectivity index (χ3n) is 4.88. The molecule has 20 heavy (non-hydrogen) atoms. The molecular formula is C17H22N2S. The minimum atomic E-state index is 0.723. The van der Waals surface area contributed by atoms with Crippen LogP contribution in [0.5, 0.6) is 0 Å². The maximum Gasteiger partial charge on any atom is 0.108 e. The summed E-state index contributed by atoms with van der Waals surface area (Å²) >= 11 is 1.83. The standard InChI is InChI=1S/C17H22N2S/c1-2-7-16-15(6-1)19-17(20-16)11-18-14-5-3-4-13(10-14)12-8-9-12/h1-2,6-7,12-14,18H,3-5,8-11H2. The van der Waals surface area contributed by atoms with Gasteiger partial charge in [0.2, 0.25) is 0 Å². The highest BCUT2D eigenvalue weighted by molar-refractivity contribution is 7.18. The monoisotopic (exact) mass is 286 g/mol. The Morgan fingerprint density at radius 1 is 1.10 bits per heavy atom. The van der Waals surface area contributed by atoms with E-state index < -0.39 is 0 Å². The highest BCUT2D eigenvalue weighted by Gasteiger charge is 2.34. The third kappa shape index (κ3) is 2.75. The second-order valence-electron chi connectivity index (χ2n) is 6.42. The normalized spacial score (nSPS) is 27.0. The van der Waals surface area contributed by atoms with E-state index in [0.29, 0.717) is 0 Å². The quantitative estimate of drug-likeness (QED) is 0.903. The van der Waals surface area contributed by atoms with Gasteiger partial charge in [0.05, 0.1) is 10.2 Å². The summed E-state index contributed by atoms with van der Waals surface area (Å²) in [4.78, 5) is 4.72. The molecule has 0 amide bonds. The molecule has 2 aliphatic rings. The van der Waals surface area contributed by atoms with Crippen molar-refractivity contribution in [3.8, 4) is 0 Å². The lowest BCUT2D eigenvalue weighted by molar-refractivity contribution is 0.260. The molecule has 1 heterocycles. The van der Waals surface area contributed by atoms with Crippen LogP contribution in [0.1, 0.15) is 43.5 Å². The molecule has 3 heteroatoms. The Balaban J connectivity index is 1.37.